The highest BCUT2D eigenvalue weighted by molar-refractivity contribution is 5.78. The van der Waals surface area contributed by atoms with Gasteiger partial charge >= 0.3 is 11.9 Å². The lowest BCUT2D eigenvalue weighted by molar-refractivity contribution is -0.170. The Morgan fingerprint density at radius 1 is 0.610 bits per heavy atom. The van der Waals surface area contributed by atoms with E-state index in [1.807, 2.05) is 13.8 Å². The maximum atomic E-state index is 13.8. The predicted octanol–water partition coefficient (Wildman–Crippen LogP) is 10.6. The molecule has 0 heterocycles. The molecule has 2 fully saturated rings. The maximum absolute atomic E-state index is 13.8. The van der Waals surface area contributed by atoms with Crippen LogP contribution in [0.25, 0.3) is 0 Å². The zero-order valence-corrected chi connectivity index (χ0v) is 39.0. The van der Waals surface area contributed by atoms with Crippen LogP contribution >= 0.6 is 0 Å². The Labute approximate surface area is 358 Å². The fraction of sp³-hybridized carbons (Fsp3) is 0.882. The summed E-state index contributed by atoms with van der Waals surface area (Å²) in [6.07, 6.45) is 15.7. The third-order valence-corrected chi connectivity index (χ3v) is 17.3. The van der Waals surface area contributed by atoms with Gasteiger partial charge in [-0.05, 0) is 150 Å². The Bertz CT molecular complexity index is 1450. The molecule has 336 valence electrons. The van der Waals surface area contributed by atoms with Gasteiger partial charge in [-0.2, -0.15) is 0 Å². The number of ether oxygens (including phenoxy) is 4. The molecule has 6 aliphatic carbocycles. The molecule has 0 aromatic carbocycles. The van der Waals surface area contributed by atoms with Gasteiger partial charge in [0.1, 0.15) is 25.4 Å². The van der Waals surface area contributed by atoms with Crippen molar-refractivity contribution < 1.29 is 38.7 Å². The highest BCUT2D eigenvalue weighted by Gasteiger charge is 2.58. The molecule has 8 heteroatoms. The van der Waals surface area contributed by atoms with Crippen molar-refractivity contribution >= 4 is 11.9 Å². The minimum Gasteiger partial charge on any atom is -0.462 e. The molecule has 0 saturated heterocycles. The van der Waals surface area contributed by atoms with Crippen LogP contribution in [0.15, 0.2) is 22.3 Å². The van der Waals surface area contributed by atoms with Crippen molar-refractivity contribution in [3.63, 3.8) is 0 Å². The molecule has 8 nitrogen and oxygen atoms in total. The van der Waals surface area contributed by atoms with Crippen molar-refractivity contribution in [3.8, 4) is 0 Å². The van der Waals surface area contributed by atoms with Crippen LogP contribution in [-0.2, 0) is 28.5 Å². The van der Waals surface area contributed by atoms with Gasteiger partial charge in [0.05, 0.1) is 37.3 Å². The lowest BCUT2D eigenvalue weighted by atomic mass is 9.48. The summed E-state index contributed by atoms with van der Waals surface area (Å²) in [5.41, 5.74) is 5.26. The molecule has 0 aromatic rings. The Hall–Kier alpha value is -1.74. The van der Waals surface area contributed by atoms with Crippen molar-refractivity contribution in [2.75, 3.05) is 39.6 Å². The minimum atomic E-state index is -0.922. The molecule has 0 spiro atoms. The predicted molar refractivity (Wildman–Crippen MR) is 233 cm³/mol. The number of hydrogen-bond acceptors (Lipinski definition) is 8. The lowest BCUT2D eigenvalue weighted by Gasteiger charge is -2.56. The van der Waals surface area contributed by atoms with Gasteiger partial charge in [-0.1, -0.05) is 90.5 Å². The minimum absolute atomic E-state index is 0.0519. The summed E-state index contributed by atoms with van der Waals surface area (Å²) in [6.45, 7) is 23.1. The molecule has 0 amide bonds. The van der Waals surface area contributed by atoms with E-state index < -0.39 is 28.5 Å². The van der Waals surface area contributed by atoms with E-state index in [0.29, 0.717) is 25.0 Å². The van der Waals surface area contributed by atoms with Gasteiger partial charge in [0, 0.05) is 5.41 Å². The zero-order chi connectivity index (χ0) is 43.0. The summed E-state index contributed by atoms with van der Waals surface area (Å²) in [5, 5.41) is 21.6. The van der Waals surface area contributed by atoms with Crippen molar-refractivity contribution in [1.82, 2.24) is 0 Å². The Morgan fingerprint density at radius 2 is 1.00 bits per heavy atom. The molecule has 10 unspecified atom stereocenters. The molecular formula is C51H84O8. The van der Waals surface area contributed by atoms with Gasteiger partial charge in [0.2, 0.25) is 0 Å². The molecule has 6 rings (SSSR count). The number of hydrogen-bond donors (Lipinski definition) is 2. The quantitative estimate of drug-likeness (QED) is 0.117. The molecule has 0 radical (unpaired) electrons. The third-order valence-electron chi connectivity index (χ3n) is 17.3. The number of esters is 2. The maximum Gasteiger partial charge on any atom is 0.312 e. The third kappa shape index (κ3) is 9.76. The Balaban J connectivity index is 0.896. The number of rotatable bonds is 16. The van der Waals surface area contributed by atoms with Gasteiger partial charge in [-0.15, -0.1) is 0 Å². The van der Waals surface area contributed by atoms with E-state index in [-0.39, 0.29) is 61.0 Å². The number of carbonyl (C=O) groups excluding carboxylic acids is 2. The molecule has 6 aliphatic rings. The average molecular weight is 825 g/mol. The lowest BCUT2D eigenvalue weighted by Crippen LogP contribution is -2.52. The highest BCUT2D eigenvalue weighted by Crippen LogP contribution is 2.64. The molecule has 10 atom stereocenters. The normalized spacial score (nSPS) is 36.0. The second-order valence-corrected chi connectivity index (χ2v) is 22.9. The van der Waals surface area contributed by atoms with Gasteiger partial charge < -0.3 is 29.2 Å². The van der Waals surface area contributed by atoms with E-state index in [0.717, 1.165) is 76.0 Å². The number of aliphatic hydroxyl groups is 2. The van der Waals surface area contributed by atoms with Gasteiger partial charge in [0.15, 0.2) is 0 Å². The monoisotopic (exact) mass is 825 g/mol. The fourth-order valence-electron chi connectivity index (χ4n) is 13.7. The molecule has 2 N–H and O–H groups in total. The van der Waals surface area contributed by atoms with E-state index >= 15 is 0 Å². The van der Waals surface area contributed by atoms with E-state index in [1.54, 1.807) is 22.3 Å². The molecule has 0 aromatic heterocycles. The number of carbonyl (C=O) groups is 2. The summed E-state index contributed by atoms with van der Waals surface area (Å²) < 4.78 is 23.5. The van der Waals surface area contributed by atoms with Crippen molar-refractivity contribution in [1.29, 1.82) is 0 Å². The summed E-state index contributed by atoms with van der Waals surface area (Å²) in [5.74, 6) is 3.14. The van der Waals surface area contributed by atoms with Crippen molar-refractivity contribution in [2.45, 2.75) is 184 Å². The largest absolute Gasteiger partial charge is 0.462 e. The second-order valence-electron chi connectivity index (χ2n) is 22.9. The smallest absolute Gasteiger partial charge is 0.312 e. The van der Waals surface area contributed by atoms with Crippen LogP contribution in [0, 0.1) is 62.6 Å². The van der Waals surface area contributed by atoms with Crippen molar-refractivity contribution in [3.05, 3.63) is 22.3 Å². The fourth-order valence-corrected chi connectivity index (χ4v) is 13.7. The average Bonchev–Trinajstić information content (AvgIpc) is 3.18. The van der Waals surface area contributed by atoms with E-state index in [9.17, 15) is 19.8 Å². The first-order valence-electron chi connectivity index (χ1n) is 24.0. The van der Waals surface area contributed by atoms with Crippen LogP contribution in [0.5, 0.6) is 0 Å². The van der Waals surface area contributed by atoms with Crippen LogP contribution in [0.2, 0.25) is 0 Å². The van der Waals surface area contributed by atoms with Crippen LogP contribution in [0.4, 0.5) is 0 Å². The first-order chi connectivity index (χ1) is 27.7. The zero-order valence-electron chi connectivity index (χ0n) is 39.0. The first kappa shape index (κ1) is 46.8. The molecular weight excluding hydrogens is 741 g/mol. The topological polar surface area (TPSA) is 112 Å². The summed E-state index contributed by atoms with van der Waals surface area (Å²) >= 11 is 0. The van der Waals surface area contributed by atoms with Crippen LogP contribution in [0.3, 0.4) is 0 Å². The van der Waals surface area contributed by atoms with Crippen molar-refractivity contribution in [2.24, 2.45) is 62.6 Å². The van der Waals surface area contributed by atoms with E-state index in [2.05, 4.69) is 55.4 Å². The highest BCUT2D eigenvalue weighted by atomic mass is 16.6. The summed E-state index contributed by atoms with van der Waals surface area (Å²) in [6, 6.07) is 0. The van der Waals surface area contributed by atoms with Crippen LogP contribution < -0.4 is 0 Å². The molecule has 0 bridgehead atoms. The van der Waals surface area contributed by atoms with E-state index in [1.165, 1.54) is 38.5 Å². The van der Waals surface area contributed by atoms with Crippen LogP contribution in [0.1, 0.15) is 172 Å². The van der Waals surface area contributed by atoms with Crippen LogP contribution in [-0.4, -0.2) is 74.0 Å². The van der Waals surface area contributed by atoms with Gasteiger partial charge in [-0.25, -0.2) is 0 Å². The number of allylic oxidation sites excluding steroid dienone is 4. The Morgan fingerprint density at radius 3 is 1.37 bits per heavy atom. The van der Waals surface area contributed by atoms with Gasteiger partial charge in [0.25, 0.3) is 0 Å². The van der Waals surface area contributed by atoms with E-state index in [4.69, 9.17) is 18.9 Å². The standard InChI is InChI=1S/C51H84O8/c1-33(2)35-13-17-41-37(25-35)15-19-43-48(41,7)21-11-23-50(43,9)45(54)58-29-39(52)27-56-31-47(5,6)32-57-28-40(53)30-59-46(55)51(10)24-12-22-49(8)42-18-14-36(34(3)4)26-38(42)16-20-44(49)51/h33-36,39-40,43-44,52-53H,11-32H2,1-10H3. The summed E-state index contributed by atoms with van der Waals surface area (Å²) in [7, 11) is 0. The molecule has 0 aliphatic heterocycles. The molecule has 59 heavy (non-hydrogen) atoms. The first-order valence-corrected chi connectivity index (χ1v) is 24.0. The SMILES string of the molecule is CC(C)C1CCC2=C(CCC3C(C)(C(=O)OCC(O)COCC(C)(C)COCC(O)COC(=O)C4(C)CCCC5(C)C6=C(CCC45)CC(C(C)C)CC6)CCCC23C)C1. The number of fused-ring (bicyclic) bond motifs is 4. The second kappa shape index (κ2) is 18.5. The van der Waals surface area contributed by atoms with Gasteiger partial charge in [-0.3, -0.25) is 9.59 Å². The summed E-state index contributed by atoms with van der Waals surface area (Å²) in [4.78, 5) is 27.6. The number of aliphatic hydroxyl groups excluding tert-OH is 2. The Kier molecular flexibility index (Phi) is 14.7. The molecule has 2 saturated carbocycles.